The Morgan fingerprint density at radius 3 is 2.78 bits per heavy atom. The van der Waals surface area contributed by atoms with Crippen molar-refractivity contribution in [1.82, 2.24) is 9.62 Å². The van der Waals surface area contributed by atoms with Crippen LogP contribution >= 0.6 is 0 Å². The maximum absolute atomic E-state index is 12.4. The van der Waals surface area contributed by atoms with Crippen LogP contribution in [0.4, 0.5) is 0 Å². The van der Waals surface area contributed by atoms with Gasteiger partial charge >= 0.3 is 0 Å². The molecule has 2 atom stereocenters. The van der Waals surface area contributed by atoms with Crippen LogP contribution in [0.3, 0.4) is 0 Å². The van der Waals surface area contributed by atoms with Gasteiger partial charge in [-0.25, -0.2) is 8.42 Å². The first kappa shape index (κ1) is 17.5. The van der Waals surface area contributed by atoms with E-state index in [1.165, 1.54) is 17.2 Å². The van der Waals surface area contributed by atoms with E-state index in [4.69, 9.17) is 4.42 Å². The van der Waals surface area contributed by atoms with Crippen LogP contribution in [0.5, 0.6) is 0 Å². The number of nitrogens with one attached hydrogen (secondary N) is 1. The second-order valence-corrected chi connectivity index (χ2v) is 7.82. The fraction of sp³-hybridized carbons (Fsp3) is 0.600. The molecule has 1 aliphatic heterocycles. The normalized spacial score (nSPS) is 20.1. The molecule has 0 bridgehead atoms. The van der Waals surface area contributed by atoms with Crippen molar-refractivity contribution in [3.05, 3.63) is 24.2 Å². The molecule has 1 N–H and O–H groups in total. The third-order valence-electron chi connectivity index (χ3n) is 4.15. The molecule has 2 rings (SSSR count). The van der Waals surface area contributed by atoms with Crippen molar-refractivity contribution in [2.45, 2.75) is 50.8 Å². The molecule has 128 valence electrons. The van der Waals surface area contributed by atoms with E-state index in [1.807, 2.05) is 0 Å². The lowest BCUT2D eigenvalue weighted by molar-refractivity contribution is -0.124. The minimum absolute atomic E-state index is 0.148. The van der Waals surface area contributed by atoms with Gasteiger partial charge in [0.15, 0.2) is 5.76 Å². The van der Waals surface area contributed by atoms with Crippen LogP contribution in [0.15, 0.2) is 22.8 Å². The highest BCUT2D eigenvalue weighted by molar-refractivity contribution is 7.90. The lowest BCUT2D eigenvalue weighted by Crippen LogP contribution is -2.53. The maximum atomic E-state index is 12.4. The zero-order valence-electron chi connectivity index (χ0n) is 13.3. The minimum Gasteiger partial charge on any atom is -0.459 e. The fourth-order valence-corrected chi connectivity index (χ4v) is 3.57. The van der Waals surface area contributed by atoms with E-state index >= 15 is 0 Å². The fourth-order valence-electron chi connectivity index (χ4n) is 2.52. The topological polar surface area (TPSA) is 96.7 Å². The summed E-state index contributed by atoms with van der Waals surface area (Å²) in [5, 5.41) is -0.663. The minimum atomic E-state index is -3.72. The van der Waals surface area contributed by atoms with Crippen molar-refractivity contribution >= 4 is 21.8 Å². The molecule has 0 saturated carbocycles. The highest BCUT2D eigenvalue weighted by atomic mass is 32.2. The molecule has 0 aromatic carbocycles. The van der Waals surface area contributed by atoms with Crippen LogP contribution in [0.1, 0.15) is 50.1 Å². The van der Waals surface area contributed by atoms with Gasteiger partial charge in [-0.2, -0.15) is 0 Å². The first-order valence-corrected chi connectivity index (χ1v) is 9.31. The van der Waals surface area contributed by atoms with Gasteiger partial charge in [0.1, 0.15) is 6.04 Å². The van der Waals surface area contributed by atoms with Crippen LogP contribution in [0.25, 0.3) is 0 Å². The van der Waals surface area contributed by atoms with Crippen LogP contribution in [0, 0.1) is 0 Å². The summed E-state index contributed by atoms with van der Waals surface area (Å²) in [6.07, 6.45) is 3.77. The number of carbonyl (C=O) groups is 2. The van der Waals surface area contributed by atoms with Crippen molar-refractivity contribution in [3.63, 3.8) is 0 Å². The number of likely N-dealkylation sites (tertiary alicyclic amines) is 1. The molecule has 0 spiro atoms. The van der Waals surface area contributed by atoms with E-state index in [9.17, 15) is 18.0 Å². The van der Waals surface area contributed by atoms with E-state index in [0.717, 1.165) is 12.8 Å². The van der Waals surface area contributed by atoms with Crippen LogP contribution in [0.2, 0.25) is 0 Å². The zero-order valence-corrected chi connectivity index (χ0v) is 14.1. The molecule has 1 fully saturated rings. The molecule has 23 heavy (non-hydrogen) atoms. The lowest BCUT2D eigenvalue weighted by Gasteiger charge is -2.34. The molecule has 0 unspecified atom stereocenters. The molecule has 1 aromatic rings. The zero-order chi connectivity index (χ0) is 17.0. The highest BCUT2D eigenvalue weighted by Gasteiger charge is 2.36. The summed E-state index contributed by atoms with van der Waals surface area (Å²) in [5.41, 5.74) is 0. The first-order chi connectivity index (χ1) is 10.9. The average Bonchev–Trinajstić information content (AvgIpc) is 3.07. The van der Waals surface area contributed by atoms with Gasteiger partial charge < -0.3 is 9.32 Å². The molecule has 1 saturated heterocycles. The Balaban J connectivity index is 2.15. The van der Waals surface area contributed by atoms with Crippen molar-refractivity contribution in [2.24, 2.45) is 0 Å². The van der Waals surface area contributed by atoms with E-state index in [2.05, 4.69) is 4.72 Å². The van der Waals surface area contributed by atoms with Gasteiger partial charge in [0, 0.05) is 6.54 Å². The quantitative estimate of drug-likeness (QED) is 0.875. The third kappa shape index (κ3) is 3.93. The van der Waals surface area contributed by atoms with Gasteiger partial charge in [-0.3, -0.25) is 14.3 Å². The summed E-state index contributed by atoms with van der Waals surface area (Å²) in [7, 11) is -3.72. The van der Waals surface area contributed by atoms with Crippen LogP contribution in [-0.4, -0.2) is 43.0 Å². The molecular weight excluding hydrogens is 320 g/mol. The second kappa shape index (κ2) is 7.16. The highest BCUT2D eigenvalue weighted by Crippen LogP contribution is 2.20. The summed E-state index contributed by atoms with van der Waals surface area (Å²) in [5.74, 6) is -0.893. The van der Waals surface area contributed by atoms with E-state index < -0.39 is 33.1 Å². The summed E-state index contributed by atoms with van der Waals surface area (Å²) in [4.78, 5) is 26.2. The number of rotatable bonds is 5. The summed E-state index contributed by atoms with van der Waals surface area (Å²) in [6.45, 7) is 3.69. The predicted molar refractivity (Wildman–Crippen MR) is 84.2 cm³/mol. The molecule has 7 nitrogen and oxygen atoms in total. The standard InChI is InChI=1S/C15H22N2O5S/c1-3-11(2)23(20,21)16-14(18)12-7-4-5-9-17(12)15(19)13-8-6-10-22-13/h6,8,10-12H,3-5,7,9H2,1-2H3,(H,16,18)/t11-,12+/m0/s1. The molecule has 1 aromatic heterocycles. The van der Waals surface area contributed by atoms with Crippen LogP contribution in [-0.2, 0) is 14.8 Å². The molecule has 8 heteroatoms. The van der Waals surface area contributed by atoms with Crippen molar-refractivity contribution in [3.8, 4) is 0 Å². The van der Waals surface area contributed by atoms with Gasteiger partial charge in [0.2, 0.25) is 10.0 Å². The Morgan fingerprint density at radius 2 is 2.17 bits per heavy atom. The van der Waals surface area contributed by atoms with Gasteiger partial charge in [-0.1, -0.05) is 6.92 Å². The number of amides is 2. The predicted octanol–water partition coefficient (Wildman–Crippen LogP) is 1.52. The Morgan fingerprint density at radius 1 is 1.43 bits per heavy atom. The van der Waals surface area contributed by atoms with E-state index in [0.29, 0.717) is 19.4 Å². The number of piperidine rings is 1. The monoisotopic (exact) mass is 342 g/mol. The van der Waals surface area contributed by atoms with Crippen LogP contribution < -0.4 is 4.72 Å². The summed E-state index contributed by atoms with van der Waals surface area (Å²) in [6, 6.07) is 2.33. The number of furan rings is 1. The number of sulfonamides is 1. The van der Waals surface area contributed by atoms with Crippen molar-refractivity contribution < 1.29 is 22.4 Å². The van der Waals surface area contributed by atoms with Crippen molar-refractivity contribution in [2.75, 3.05) is 6.54 Å². The number of carbonyl (C=O) groups excluding carboxylic acids is 2. The Bertz CT molecular complexity index is 653. The summed E-state index contributed by atoms with van der Waals surface area (Å²) < 4.78 is 31.3. The third-order valence-corrected chi connectivity index (χ3v) is 6.02. The Kier molecular flexibility index (Phi) is 5.46. The SMILES string of the molecule is CC[C@H](C)S(=O)(=O)NC(=O)[C@H]1CCCCN1C(=O)c1ccco1. The first-order valence-electron chi connectivity index (χ1n) is 7.76. The largest absolute Gasteiger partial charge is 0.459 e. The maximum Gasteiger partial charge on any atom is 0.290 e. The molecule has 0 aliphatic carbocycles. The number of nitrogens with zero attached hydrogens (tertiary/aromatic N) is 1. The Labute approximate surface area is 136 Å². The molecule has 1 aliphatic rings. The number of hydrogen-bond donors (Lipinski definition) is 1. The van der Waals surface area contributed by atoms with Gasteiger partial charge in [0.25, 0.3) is 11.8 Å². The van der Waals surface area contributed by atoms with Crippen molar-refractivity contribution in [1.29, 1.82) is 0 Å². The molecule has 0 radical (unpaired) electrons. The molecular formula is C15H22N2O5S. The molecule has 2 heterocycles. The van der Waals surface area contributed by atoms with E-state index in [-0.39, 0.29) is 5.76 Å². The van der Waals surface area contributed by atoms with Gasteiger partial charge in [-0.15, -0.1) is 0 Å². The summed E-state index contributed by atoms with van der Waals surface area (Å²) >= 11 is 0. The smallest absolute Gasteiger partial charge is 0.290 e. The average molecular weight is 342 g/mol. The van der Waals surface area contributed by atoms with Gasteiger partial charge in [-0.05, 0) is 44.7 Å². The van der Waals surface area contributed by atoms with Gasteiger partial charge in [0.05, 0.1) is 11.5 Å². The van der Waals surface area contributed by atoms with E-state index in [1.54, 1.807) is 19.9 Å². The lowest BCUT2D eigenvalue weighted by atomic mass is 10.0. The molecule has 2 amide bonds. The number of hydrogen-bond acceptors (Lipinski definition) is 5. The second-order valence-electron chi connectivity index (χ2n) is 5.72. The Hall–Kier alpha value is -1.83.